The zero-order valence-electron chi connectivity index (χ0n) is 11.6. The van der Waals surface area contributed by atoms with Gasteiger partial charge in [-0.25, -0.2) is 4.98 Å². The van der Waals surface area contributed by atoms with Gasteiger partial charge in [0, 0.05) is 18.1 Å². The first-order chi connectivity index (χ1) is 10.3. The molecule has 4 aromatic rings. The topological polar surface area (TPSA) is 42.2 Å². The van der Waals surface area contributed by atoms with Gasteiger partial charge in [0.1, 0.15) is 5.65 Å². The lowest BCUT2D eigenvalue weighted by Gasteiger charge is -2.04. The molecule has 0 radical (unpaired) electrons. The minimum absolute atomic E-state index is 0.706. The number of nitrogens with zero attached hydrogens (tertiary/aromatic N) is 3. The third kappa shape index (κ3) is 2.15. The molecule has 4 aromatic heterocycles. The summed E-state index contributed by atoms with van der Waals surface area (Å²) in [5.74, 6) is 0. The van der Waals surface area contributed by atoms with Crippen LogP contribution in [0.15, 0.2) is 48.1 Å². The Kier molecular flexibility index (Phi) is 2.86. The van der Waals surface area contributed by atoms with Crippen LogP contribution in [0.4, 0.5) is 5.69 Å². The van der Waals surface area contributed by atoms with E-state index in [1.165, 1.54) is 10.4 Å². The number of hydrogen-bond acceptors (Lipinski definition) is 4. The highest BCUT2D eigenvalue weighted by molar-refractivity contribution is 7.17. The lowest BCUT2D eigenvalue weighted by molar-refractivity contribution is 1.07. The van der Waals surface area contributed by atoms with Crippen molar-refractivity contribution < 1.29 is 0 Å². The predicted molar refractivity (Wildman–Crippen MR) is 86.9 cm³/mol. The molecular formula is C16H14N4S. The zero-order valence-corrected chi connectivity index (χ0v) is 12.4. The number of aromatic nitrogens is 3. The molecule has 0 atom stereocenters. The van der Waals surface area contributed by atoms with Gasteiger partial charge < -0.3 is 9.72 Å². The summed E-state index contributed by atoms with van der Waals surface area (Å²) in [5.41, 5.74) is 5.36. The fraction of sp³-hybridized carbons (Fsp3) is 0.125. The molecule has 0 aliphatic heterocycles. The molecule has 0 saturated heterocycles. The van der Waals surface area contributed by atoms with E-state index in [9.17, 15) is 0 Å². The first-order valence-electron chi connectivity index (χ1n) is 6.81. The van der Waals surface area contributed by atoms with Gasteiger partial charge >= 0.3 is 0 Å². The van der Waals surface area contributed by atoms with E-state index in [1.54, 1.807) is 11.3 Å². The highest BCUT2D eigenvalue weighted by Gasteiger charge is 2.06. The molecule has 4 rings (SSSR count). The Balaban J connectivity index is 1.63. The maximum atomic E-state index is 4.64. The fourth-order valence-corrected chi connectivity index (χ4v) is 3.32. The van der Waals surface area contributed by atoms with Gasteiger partial charge in [0.25, 0.3) is 0 Å². The van der Waals surface area contributed by atoms with Crippen LogP contribution in [0.2, 0.25) is 0 Å². The van der Waals surface area contributed by atoms with Crippen LogP contribution in [-0.4, -0.2) is 14.4 Å². The van der Waals surface area contributed by atoms with Crippen LogP contribution in [0, 0.1) is 6.92 Å². The van der Waals surface area contributed by atoms with E-state index < -0.39 is 0 Å². The first-order valence-corrected chi connectivity index (χ1v) is 7.69. The summed E-state index contributed by atoms with van der Waals surface area (Å²) in [5, 5.41) is 5.53. The quantitative estimate of drug-likeness (QED) is 0.624. The predicted octanol–water partition coefficient (Wildman–Crippen LogP) is 3.86. The molecule has 104 valence electrons. The SMILES string of the molecule is Cc1cccc2nc(CNc3ccnc4ccsc34)cn12. The number of aryl methyl sites for hydroxylation is 1. The maximum Gasteiger partial charge on any atom is 0.137 e. The van der Waals surface area contributed by atoms with Crippen molar-refractivity contribution >= 4 is 32.9 Å². The summed E-state index contributed by atoms with van der Waals surface area (Å²) in [6.45, 7) is 2.79. The standard InChI is InChI=1S/C16H14N4S/c1-11-3-2-4-15-19-12(10-20(11)15)9-18-13-5-7-17-14-6-8-21-16(13)14/h2-8,10H,9H2,1H3,(H,17,18). The largest absolute Gasteiger partial charge is 0.378 e. The minimum Gasteiger partial charge on any atom is -0.378 e. The molecule has 0 saturated carbocycles. The van der Waals surface area contributed by atoms with Crippen molar-refractivity contribution in [2.24, 2.45) is 0 Å². The van der Waals surface area contributed by atoms with Gasteiger partial charge in [-0.1, -0.05) is 6.07 Å². The van der Waals surface area contributed by atoms with E-state index >= 15 is 0 Å². The summed E-state index contributed by atoms with van der Waals surface area (Å²) >= 11 is 1.71. The van der Waals surface area contributed by atoms with Crippen LogP contribution in [0.25, 0.3) is 15.9 Å². The van der Waals surface area contributed by atoms with Crippen molar-refractivity contribution in [3.8, 4) is 0 Å². The van der Waals surface area contributed by atoms with Crippen LogP contribution in [0.5, 0.6) is 0 Å². The van der Waals surface area contributed by atoms with Gasteiger partial charge in [0.05, 0.1) is 28.1 Å². The monoisotopic (exact) mass is 294 g/mol. The first kappa shape index (κ1) is 12.3. The Bertz CT molecular complexity index is 922. The van der Waals surface area contributed by atoms with Crippen LogP contribution < -0.4 is 5.32 Å². The summed E-state index contributed by atoms with van der Waals surface area (Å²) in [7, 11) is 0. The van der Waals surface area contributed by atoms with Gasteiger partial charge in [-0.15, -0.1) is 11.3 Å². The van der Waals surface area contributed by atoms with E-state index in [-0.39, 0.29) is 0 Å². The normalized spacial score (nSPS) is 11.3. The van der Waals surface area contributed by atoms with Crippen molar-refractivity contribution in [2.45, 2.75) is 13.5 Å². The van der Waals surface area contributed by atoms with Crippen LogP contribution in [0.1, 0.15) is 11.4 Å². The average Bonchev–Trinajstić information content (AvgIpc) is 3.12. The lowest BCUT2D eigenvalue weighted by Crippen LogP contribution is -1.99. The van der Waals surface area contributed by atoms with Crippen molar-refractivity contribution in [3.05, 3.63) is 59.5 Å². The van der Waals surface area contributed by atoms with E-state index in [0.717, 1.165) is 22.5 Å². The number of thiophene rings is 1. The second-order valence-electron chi connectivity index (χ2n) is 4.97. The van der Waals surface area contributed by atoms with E-state index in [4.69, 9.17) is 0 Å². The summed E-state index contributed by atoms with van der Waals surface area (Å²) < 4.78 is 3.31. The average molecular weight is 294 g/mol. The third-order valence-corrected chi connectivity index (χ3v) is 4.49. The summed E-state index contributed by atoms with van der Waals surface area (Å²) in [4.78, 5) is 9.00. The van der Waals surface area contributed by atoms with E-state index in [1.807, 2.05) is 30.5 Å². The zero-order chi connectivity index (χ0) is 14.2. The molecule has 0 aliphatic carbocycles. The highest BCUT2D eigenvalue weighted by atomic mass is 32.1. The number of hydrogen-bond donors (Lipinski definition) is 1. The van der Waals surface area contributed by atoms with Crippen molar-refractivity contribution in [1.29, 1.82) is 0 Å². The molecule has 21 heavy (non-hydrogen) atoms. The number of imidazole rings is 1. The molecule has 0 unspecified atom stereocenters. The highest BCUT2D eigenvalue weighted by Crippen LogP contribution is 2.27. The molecule has 0 amide bonds. The third-order valence-electron chi connectivity index (χ3n) is 3.55. The molecule has 4 nitrogen and oxygen atoms in total. The van der Waals surface area contributed by atoms with E-state index in [0.29, 0.717) is 6.54 Å². The number of rotatable bonds is 3. The maximum absolute atomic E-state index is 4.64. The Morgan fingerprint density at radius 1 is 1.24 bits per heavy atom. The smallest absolute Gasteiger partial charge is 0.137 e. The Labute approximate surface area is 126 Å². The van der Waals surface area contributed by atoms with Gasteiger partial charge in [0.15, 0.2) is 0 Å². The molecule has 0 spiro atoms. The molecule has 5 heteroatoms. The second kappa shape index (κ2) is 4.86. The number of nitrogens with one attached hydrogen (secondary N) is 1. The molecule has 0 bridgehead atoms. The van der Waals surface area contributed by atoms with Crippen molar-refractivity contribution in [1.82, 2.24) is 14.4 Å². The van der Waals surface area contributed by atoms with Crippen LogP contribution >= 0.6 is 11.3 Å². The molecule has 4 heterocycles. The molecule has 0 fully saturated rings. The molecular weight excluding hydrogens is 280 g/mol. The Morgan fingerprint density at radius 3 is 3.10 bits per heavy atom. The Hall–Kier alpha value is -2.40. The van der Waals surface area contributed by atoms with Gasteiger partial charge in [0.2, 0.25) is 0 Å². The second-order valence-corrected chi connectivity index (χ2v) is 5.89. The molecule has 0 aromatic carbocycles. The molecule has 1 N–H and O–H groups in total. The van der Waals surface area contributed by atoms with Gasteiger partial charge in [-0.2, -0.15) is 0 Å². The lowest BCUT2D eigenvalue weighted by atomic mass is 10.3. The minimum atomic E-state index is 0.706. The fourth-order valence-electron chi connectivity index (χ4n) is 2.48. The van der Waals surface area contributed by atoms with Crippen molar-refractivity contribution in [2.75, 3.05) is 5.32 Å². The summed E-state index contributed by atoms with van der Waals surface area (Å²) in [6.07, 6.45) is 3.93. The summed E-state index contributed by atoms with van der Waals surface area (Å²) in [6, 6.07) is 10.2. The van der Waals surface area contributed by atoms with E-state index in [2.05, 4.69) is 44.3 Å². The van der Waals surface area contributed by atoms with Crippen LogP contribution in [-0.2, 0) is 6.54 Å². The number of fused-ring (bicyclic) bond motifs is 2. The number of anilines is 1. The van der Waals surface area contributed by atoms with Gasteiger partial charge in [-0.3, -0.25) is 4.98 Å². The van der Waals surface area contributed by atoms with Crippen molar-refractivity contribution in [3.63, 3.8) is 0 Å². The van der Waals surface area contributed by atoms with Gasteiger partial charge in [-0.05, 0) is 36.6 Å². The molecule has 0 aliphatic rings. The Morgan fingerprint density at radius 2 is 2.19 bits per heavy atom. The van der Waals surface area contributed by atoms with Crippen LogP contribution in [0.3, 0.4) is 0 Å². The number of pyridine rings is 2.